The van der Waals surface area contributed by atoms with Crippen LogP contribution in [0.25, 0.3) is 0 Å². The lowest BCUT2D eigenvalue weighted by atomic mass is 9.77. The molecule has 4 heterocycles. The lowest BCUT2D eigenvalue weighted by molar-refractivity contribution is 0.0526. The first-order chi connectivity index (χ1) is 16.4. The molecule has 0 atom stereocenters. The highest BCUT2D eigenvalue weighted by Gasteiger charge is 2.41. The highest BCUT2D eigenvalue weighted by molar-refractivity contribution is 5.95. The summed E-state index contributed by atoms with van der Waals surface area (Å²) in [6, 6.07) is 8.11. The molecule has 0 bridgehead atoms. The molecule has 2 fully saturated rings. The van der Waals surface area contributed by atoms with E-state index < -0.39 is 0 Å². The fraction of sp³-hybridized carbons (Fsp3) is 0.500. The quantitative estimate of drug-likeness (QED) is 0.638. The standard InChI is InChI=1S/C28H32N2O4/c1-18-20(3-4-21-23(18)15-33-26(21)31)7-11-29-12-8-28(9-13-29)10-14-30(17-28)25-6-5-22-24(19(25)2)16-34-27(22)32/h3-6H,7-17H2,1-2H3. The van der Waals surface area contributed by atoms with Crippen LogP contribution in [-0.4, -0.2) is 49.6 Å². The Labute approximate surface area is 200 Å². The van der Waals surface area contributed by atoms with Gasteiger partial charge in [-0.2, -0.15) is 0 Å². The van der Waals surface area contributed by atoms with Crippen LogP contribution in [0.4, 0.5) is 5.69 Å². The third-order valence-electron chi connectivity index (χ3n) is 8.81. The van der Waals surface area contributed by atoms with Crippen LogP contribution < -0.4 is 4.90 Å². The van der Waals surface area contributed by atoms with Gasteiger partial charge in [0, 0.05) is 36.4 Å². The molecule has 4 aliphatic heterocycles. The number of carbonyl (C=O) groups is 2. The fourth-order valence-electron chi connectivity index (χ4n) is 6.43. The van der Waals surface area contributed by atoms with Crippen molar-refractivity contribution in [1.82, 2.24) is 4.90 Å². The smallest absolute Gasteiger partial charge is 0.338 e. The molecule has 34 heavy (non-hydrogen) atoms. The van der Waals surface area contributed by atoms with E-state index in [2.05, 4.69) is 35.8 Å². The molecule has 4 aliphatic rings. The summed E-state index contributed by atoms with van der Waals surface area (Å²) in [6.45, 7) is 10.6. The summed E-state index contributed by atoms with van der Waals surface area (Å²) in [5.74, 6) is -0.375. The van der Waals surface area contributed by atoms with Gasteiger partial charge in [-0.3, -0.25) is 0 Å². The van der Waals surface area contributed by atoms with E-state index in [1.54, 1.807) is 0 Å². The lowest BCUT2D eigenvalue weighted by Gasteiger charge is -2.39. The van der Waals surface area contributed by atoms with Gasteiger partial charge in [0.2, 0.25) is 0 Å². The second-order valence-corrected chi connectivity index (χ2v) is 10.5. The Morgan fingerprint density at radius 1 is 0.824 bits per heavy atom. The van der Waals surface area contributed by atoms with Crippen LogP contribution in [-0.2, 0) is 29.1 Å². The number of esters is 2. The number of anilines is 1. The number of fused-ring (bicyclic) bond motifs is 2. The van der Waals surface area contributed by atoms with Crippen LogP contribution in [0.3, 0.4) is 0 Å². The van der Waals surface area contributed by atoms with Crippen molar-refractivity contribution in [3.05, 3.63) is 63.2 Å². The second-order valence-electron chi connectivity index (χ2n) is 10.5. The monoisotopic (exact) mass is 460 g/mol. The fourth-order valence-corrected chi connectivity index (χ4v) is 6.43. The van der Waals surface area contributed by atoms with Gasteiger partial charge in [-0.05, 0) is 92.9 Å². The van der Waals surface area contributed by atoms with E-state index in [0.29, 0.717) is 18.6 Å². The summed E-state index contributed by atoms with van der Waals surface area (Å²) in [6.07, 6.45) is 4.73. The van der Waals surface area contributed by atoms with Gasteiger partial charge >= 0.3 is 11.9 Å². The van der Waals surface area contributed by atoms with Crippen molar-refractivity contribution < 1.29 is 19.1 Å². The molecule has 0 radical (unpaired) electrons. The number of ether oxygens (including phenoxy) is 2. The van der Waals surface area contributed by atoms with E-state index in [1.807, 2.05) is 12.1 Å². The van der Waals surface area contributed by atoms with E-state index in [0.717, 1.165) is 61.4 Å². The van der Waals surface area contributed by atoms with Gasteiger partial charge < -0.3 is 19.3 Å². The molecule has 1 spiro atoms. The summed E-state index contributed by atoms with van der Waals surface area (Å²) in [7, 11) is 0. The molecule has 2 aromatic rings. The molecule has 0 amide bonds. The SMILES string of the molecule is Cc1c(CCN2CCC3(CC2)CCN(c2ccc4c(c2C)COC4=O)C3)ccc2c1COC2=O. The minimum Gasteiger partial charge on any atom is -0.457 e. The summed E-state index contributed by atoms with van der Waals surface area (Å²) in [4.78, 5) is 28.8. The largest absolute Gasteiger partial charge is 0.457 e. The number of cyclic esters (lactones) is 2. The number of hydrogen-bond acceptors (Lipinski definition) is 6. The highest BCUT2D eigenvalue weighted by Crippen LogP contribution is 2.43. The third kappa shape index (κ3) is 3.50. The predicted octanol–water partition coefficient (Wildman–Crippen LogP) is 4.18. The second kappa shape index (κ2) is 8.12. The van der Waals surface area contributed by atoms with E-state index in [9.17, 15) is 9.59 Å². The molecule has 6 rings (SSSR count). The molecule has 0 N–H and O–H groups in total. The maximum absolute atomic E-state index is 11.9. The number of benzene rings is 2. The molecule has 0 aliphatic carbocycles. The number of hydrogen-bond donors (Lipinski definition) is 0. The first kappa shape index (κ1) is 21.7. The normalized spacial score (nSPS) is 21.1. The van der Waals surface area contributed by atoms with Crippen LogP contribution in [0, 0.1) is 19.3 Å². The van der Waals surface area contributed by atoms with Gasteiger partial charge in [-0.15, -0.1) is 0 Å². The maximum Gasteiger partial charge on any atom is 0.338 e. The summed E-state index contributed by atoms with van der Waals surface area (Å²) in [5.41, 5.74) is 9.04. The van der Waals surface area contributed by atoms with Gasteiger partial charge in [0.25, 0.3) is 0 Å². The average molecular weight is 461 g/mol. The van der Waals surface area contributed by atoms with Crippen molar-refractivity contribution in [3.63, 3.8) is 0 Å². The molecular weight excluding hydrogens is 428 g/mol. The first-order valence-electron chi connectivity index (χ1n) is 12.5. The van der Waals surface area contributed by atoms with Crippen LogP contribution >= 0.6 is 0 Å². The summed E-state index contributed by atoms with van der Waals surface area (Å²) in [5, 5.41) is 0. The molecule has 0 unspecified atom stereocenters. The van der Waals surface area contributed by atoms with Gasteiger partial charge in [-0.1, -0.05) is 6.07 Å². The summed E-state index contributed by atoms with van der Waals surface area (Å²) < 4.78 is 10.5. The molecule has 178 valence electrons. The predicted molar refractivity (Wildman–Crippen MR) is 129 cm³/mol. The number of nitrogens with zero attached hydrogens (tertiary/aromatic N) is 2. The van der Waals surface area contributed by atoms with E-state index in [4.69, 9.17) is 9.47 Å². The number of likely N-dealkylation sites (tertiary alicyclic amines) is 1. The van der Waals surface area contributed by atoms with Crippen molar-refractivity contribution >= 4 is 17.6 Å². The molecule has 2 aromatic carbocycles. The topological polar surface area (TPSA) is 59.1 Å². The zero-order valence-corrected chi connectivity index (χ0v) is 20.1. The molecule has 2 saturated heterocycles. The Hall–Kier alpha value is -2.86. The van der Waals surface area contributed by atoms with Gasteiger partial charge in [0.1, 0.15) is 13.2 Å². The van der Waals surface area contributed by atoms with Crippen LogP contribution in [0.15, 0.2) is 24.3 Å². The highest BCUT2D eigenvalue weighted by atomic mass is 16.5. The Bertz CT molecular complexity index is 1180. The maximum atomic E-state index is 11.9. The van der Waals surface area contributed by atoms with Crippen LogP contribution in [0.2, 0.25) is 0 Å². The van der Waals surface area contributed by atoms with E-state index >= 15 is 0 Å². The van der Waals surface area contributed by atoms with Gasteiger partial charge in [0.05, 0.1) is 11.1 Å². The number of carbonyl (C=O) groups excluding carboxylic acids is 2. The van der Waals surface area contributed by atoms with Crippen LogP contribution in [0.1, 0.15) is 67.8 Å². The van der Waals surface area contributed by atoms with Crippen molar-refractivity contribution in [2.45, 2.75) is 52.7 Å². The zero-order valence-electron chi connectivity index (χ0n) is 20.1. The van der Waals surface area contributed by atoms with E-state index in [1.165, 1.54) is 41.6 Å². The Morgan fingerprint density at radius 3 is 2.15 bits per heavy atom. The van der Waals surface area contributed by atoms with Gasteiger partial charge in [0.15, 0.2) is 0 Å². The van der Waals surface area contributed by atoms with Crippen molar-refractivity contribution in [2.24, 2.45) is 5.41 Å². The Balaban J connectivity index is 1.07. The minimum absolute atomic E-state index is 0.187. The Kier molecular flexibility index (Phi) is 5.17. The molecule has 0 aromatic heterocycles. The minimum atomic E-state index is -0.188. The molecular formula is C28H32N2O4. The van der Waals surface area contributed by atoms with Crippen LogP contribution in [0.5, 0.6) is 0 Å². The number of piperidine rings is 1. The molecule has 0 saturated carbocycles. The zero-order chi connectivity index (χ0) is 23.4. The third-order valence-corrected chi connectivity index (χ3v) is 8.81. The Morgan fingerprint density at radius 2 is 1.44 bits per heavy atom. The van der Waals surface area contributed by atoms with E-state index in [-0.39, 0.29) is 11.9 Å². The van der Waals surface area contributed by atoms with Crippen molar-refractivity contribution in [1.29, 1.82) is 0 Å². The van der Waals surface area contributed by atoms with Crippen molar-refractivity contribution in [2.75, 3.05) is 37.6 Å². The van der Waals surface area contributed by atoms with Gasteiger partial charge in [-0.25, -0.2) is 9.59 Å². The van der Waals surface area contributed by atoms with Crippen molar-refractivity contribution in [3.8, 4) is 0 Å². The lowest BCUT2D eigenvalue weighted by Crippen LogP contribution is -2.42. The summed E-state index contributed by atoms with van der Waals surface area (Å²) >= 11 is 0. The first-order valence-corrected chi connectivity index (χ1v) is 12.5. The average Bonchev–Trinajstić information content (AvgIpc) is 3.54. The number of rotatable bonds is 4. The molecule has 6 nitrogen and oxygen atoms in total. The molecule has 6 heteroatoms.